The normalized spacial score (nSPS) is 19.5. The van der Waals surface area contributed by atoms with Crippen molar-refractivity contribution in [2.24, 2.45) is 0 Å². The topological polar surface area (TPSA) is 175 Å². The molecule has 0 amide bonds. The van der Waals surface area contributed by atoms with Crippen molar-refractivity contribution in [3.8, 4) is 0 Å². The minimum atomic E-state index is -1.90. The first-order chi connectivity index (χ1) is 30.6. The van der Waals surface area contributed by atoms with Crippen molar-refractivity contribution in [3.63, 3.8) is 0 Å². The molecule has 364 valence electrons. The predicted molar refractivity (Wildman–Crippen MR) is 248 cm³/mol. The lowest BCUT2D eigenvalue weighted by Gasteiger charge is -2.40. The number of carboxylic acids is 1. The number of unbranched alkanes of at least 4 members (excludes halogenated alkanes) is 21. The van der Waals surface area contributed by atoms with Crippen LogP contribution in [0, 0.1) is 0 Å². The van der Waals surface area contributed by atoms with Crippen molar-refractivity contribution in [3.05, 3.63) is 36.5 Å². The molecule has 1 saturated heterocycles. The van der Waals surface area contributed by atoms with Crippen LogP contribution in [0.15, 0.2) is 36.5 Å². The number of hydrogen-bond donors (Lipinski definition) is 3. The largest absolute Gasteiger partial charge is 0.479 e. The molecule has 1 heterocycles. The van der Waals surface area contributed by atoms with Crippen molar-refractivity contribution in [1.29, 1.82) is 0 Å². The first-order valence-corrected chi connectivity index (χ1v) is 25.0. The number of hydrogen-bond acceptors (Lipinski definition) is 11. The van der Waals surface area contributed by atoms with E-state index in [9.17, 15) is 34.5 Å². The van der Waals surface area contributed by atoms with E-state index in [1.165, 1.54) is 38.5 Å². The third-order valence-electron chi connectivity index (χ3n) is 11.2. The smallest absolute Gasteiger partial charge is 0.335 e. The summed E-state index contributed by atoms with van der Waals surface area (Å²) in [6, 6.07) is 0. The van der Waals surface area contributed by atoms with Crippen LogP contribution in [-0.2, 0) is 42.9 Å². The van der Waals surface area contributed by atoms with Crippen LogP contribution in [0.4, 0.5) is 0 Å². The molecule has 0 aromatic carbocycles. The van der Waals surface area contributed by atoms with Gasteiger partial charge in [0, 0.05) is 19.3 Å². The highest BCUT2D eigenvalue weighted by molar-refractivity contribution is 5.74. The molecule has 3 N–H and O–H groups in total. The van der Waals surface area contributed by atoms with Crippen molar-refractivity contribution in [2.45, 2.75) is 250 Å². The first-order valence-electron chi connectivity index (χ1n) is 25.0. The number of aliphatic hydroxyl groups is 2. The zero-order chi connectivity index (χ0) is 46.2. The number of carbonyl (C=O) groups is 4. The Hall–Kier alpha value is -3.06. The summed E-state index contributed by atoms with van der Waals surface area (Å²) in [5.41, 5.74) is 0. The Balaban J connectivity index is 2.77. The second-order valence-corrected chi connectivity index (χ2v) is 17.1. The van der Waals surface area contributed by atoms with E-state index in [0.29, 0.717) is 19.3 Å². The van der Waals surface area contributed by atoms with E-state index in [0.717, 1.165) is 116 Å². The number of rotatable bonds is 41. The van der Waals surface area contributed by atoms with E-state index in [1.807, 2.05) is 0 Å². The maximum Gasteiger partial charge on any atom is 0.335 e. The third kappa shape index (κ3) is 31.5. The average molecular weight is 893 g/mol. The van der Waals surface area contributed by atoms with Gasteiger partial charge in [0.05, 0.1) is 6.61 Å². The van der Waals surface area contributed by atoms with Crippen LogP contribution in [0.5, 0.6) is 0 Å². The van der Waals surface area contributed by atoms with Crippen LogP contribution in [0.2, 0.25) is 0 Å². The molecule has 1 aliphatic rings. The first kappa shape index (κ1) is 58.0. The highest BCUT2D eigenvalue weighted by atomic mass is 16.7. The SMILES string of the molecule is CCCC/C=C\CCCCCCCC(=O)OCC(COC1OC(C(=O)O)C(O)C(O)C1OC(=O)CCCCCCC/C=C\CCCC)OC(=O)CCCCCCC/C=C\CCCC. The molecule has 0 aromatic rings. The lowest BCUT2D eigenvalue weighted by atomic mass is 9.98. The van der Waals surface area contributed by atoms with E-state index < -0.39 is 67.3 Å². The van der Waals surface area contributed by atoms with E-state index in [-0.39, 0.29) is 25.9 Å². The lowest BCUT2D eigenvalue weighted by Crippen LogP contribution is -2.61. The molecule has 1 rings (SSSR count). The number of aliphatic hydroxyl groups excluding tert-OH is 2. The molecular weight excluding hydrogens is 805 g/mol. The molecule has 6 atom stereocenters. The van der Waals surface area contributed by atoms with Crippen LogP contribution in [-0.4, -0.2) is 89.2 Å². The molecule has 1 fully saturated rings. The third-order valence-corrected chi connectivity index (χ3v) is 11.2. The van der Waals surface area contributed by atoms with Crippen LogP contribution >= 0.6 is 0 Å². The lowest BCUT2D eigenvalue weighted by molar-refractivity contribution is -0.301. The molecular formula is C51H88O12. The number of aliphatic carboxylic acids is 1. The molecule has 0 aliphatic carbocycles. The van der Waals surface area contributed by atoms with Gasteiger partial charge < -0.3 is 39.0 Å². The Morgan fingerprint density at radius 3 is 1.35 bits per heavy atom. The van der Waals surface area contributed by atoms with Gasteiger partial charge in [0.2, 0.25) is 0 Å². The Labute approximate surface area is 381 Å². The fourth-order valence-corrected chi connectivity index (χ4v) is 7.19. The average Bonchev–Trinajstić information content (AvgIpc) is 3.26. The van der Waals surface area contributed by atoms with Gasteiger partial charge in [0.1, 0.15) is 18.8 Å². The fourth-order valence-electron chi connectivity index (χ4n) is 7.19. The van der Waals surface area contributed by atoms with Gasteiger partial charge in [-0.25, -0.2) is 4.79 Å². The molecule has 0 saturated carbocycles. The minimum Gasteiger partial charge on any atom is -0.479 e. The molecule has 6 unspecified atom stereocenters. The minimum absolute atomic E-state index is 0.0497. The van der Waals surface area contributed by atoms with Gasteiger partial charge in [0.25, 0.3) is 0 Å². The van der Waals surface area contributed by atoms with Crippen LogP contribution in [0.25, 0.3) is 0 Å². The molecule has 0 spiro atoms. The van der Waals surface area contributed by atoms with E-state index in [4.69, 9.17) is 23.7 Å². The predicted octanol–water partition coefficient (Wildman–Crippen LogP) is 11.3. The number of esters is 3. The summed E-state index contributed by atoms with van der Waals surface area (Å²) in [5.74, 6) is -3.15. The Bertz CT molecular complexity index is 1250. The highest BCUT2D eigenvalue weighted by Crippen LogP contribution is 2.26. The number of carbonyl (C=O) groups excluding carboxylic acids is 3. The van der Waals surface area contributed by atoms with Crippen molar-refractivity contribution >= 4 is 23.9 Å². The van der Waals surface area contributed by atoms with E-state index >= 15 is 0 Å². The Kier molecular flexibility index (Phi) is 37.2. The van der Waals surface area contributed by atoms with E-state index in [1.54, 1.807) is 0 Å². The maximum atomic E-state index is 13.0. The van der Waals surface area contributed by atoms with E-state index in [2.05, 4.69) is 57.2 Å². The number of carboxylic acid groups (broad SMARTS) is 1. The highest BCUT2D eigenvalue weighted by Gasteiger charge is 2.50. The molecule has 0 aromatic heterocycles. The quantitative estimate of drug-likeness (QED) is 0.0230. The van der Waals surface area contributed by atoms with Gasteiger partial charge in [-0.15, -0.1) is 0 Å². The van der Waals surface area contributed by atoms with Crippen LogP contribution in [0.3, 0.4) is 0 Å². The van der Waals surface area contributed by atoms with Crippen LogP contribution in [0.1, 0.15) is 213 Å². The fraction of sp³-hybridized carbons (Fsp3) is 0.804. The zero-order valence-electron chi connectivity index (χ0n) is 39.6. The summed E-state index contributed by atoms with van der Waals surface area (Å²) in [4.78, 5) is 50.6. The zero-order valence-corrected chi connectivity index (χ0v) is 39.6. The van der Waals surface area contributed by atoms with Gasteiger partial charge in [-0.05, 0) is 77.0 Å². The van der Waals surface area contributed by atoms with Crippen molar-refractivity contribution in [1.82, 2.24) is 0 Å². The van der Waals surface area contributed by atoms with Crippen LogP contribution < -0.4 is 0 Å². The summed E-state index contributed by atoms with van der Waals surface area (Å²) in [7, 11) is 0. The monoisotopic (exact) mass is 893 g/mol. The van der Waals surface area contributed by atoms with Gasteiger partial charge in [-0.1, -0.05) is 154 Å². The molecule has 12 nitrogen and oxygen atoms in total. The van der Waals surface area contributed by atoms with Crippen molar-refractivity contribution < 1.29 is 58.2 Å². The summed E-state index contributed by atoms with van der Waals surface area (Å²) < 4.78 is 28.2. The molecule has 1 aliphatic heterocycles. The standard InChI is InChI=1S/C51H88O12/c1-4-7-10-13-16-19-22-25-28-31-34-37-43(52)59-40-42(61-44(53)38-35-32-29-26-23-20-17-14-11-8-5-2)41-60-51-49(47(56)46(55)48(63-51)50(57)58)62-45(54)39-36-33-30-27-24-21-18-15-12-9-6-3/h13-18,42,46-49,51,55-56H,4-12,19-41H2,1-3H3,(H,57,58)/b16-13-,17-14-,18-15-. The van der Waals surface area contributed by atoms with Gasteiger partial charge in [-0.3, -0.25) is 14.4 Å². The number of allylic oxidation sites excluding steroid dienone is 6. The molecule has 0 bridgehead atoms. The molecule has 63 heavy (non-hydrogen) atoms. The molecule has 12 heteroatoms. The Morgan fingerprint density at radius 1 is 0.508 bits per heavy atom. The summed E-state index contributed by atoms with van der Waals surface area (Å²) in [6.07, 6.45) is 31.5. The number of ether oxygens (including phenoxy) is 5. The summed E-state index contributed by atoms with van der Waals surface area (Å²) in [5, 5.41) is 31.2. The summed E-state index contributed by atoms with van der Waals surface area (Å²) >= 11 is 0. The van der Waals surface area contributed by atoms with Gasteiger partial charge >= 0.3 is 23.9 Å². The maximum absolute atomic E-state index is 13.0. The van der Waals surface area contributed by atoms with Gasteiger partial charge in [-0.2, -0.15) is 0 Å². The molecule has 0 radical (unpaired) electrons. The summed E-state index contributed by atoms with van der Waals surface area (Å²) in [6.45, 7) is 5.81. The van der Waals surface area contributed by atoms with Crippen molar-refractivity contribution in [2.75, 3.05) is 13.2 Å². The Morgan fingerprint density at radius 2 is 0.905 bits per heavy atom. The second-order valence-electron chi connectivity index (χ2n) is 17.1. The second kappa shape index (κ2) is 40.4. The van der Waals surface area contributed by atoms with Gasteiger partial charge in [0.15, 0.2) is 24.6 Å².